The van der Waals surface area contributed by atoms with Crippen LogP contribution in [0.4, 0.5) is 0 Å². The molecule has 1 aliphatic rings. The molecule has 8 nitrogen and oxygen atoms in total. The number of ketones is 1. The fraction of sp³-hybridized carbons (Fsp3) is 0.429. The van der Waals surface area contributed by atoms with E-state index >= 15 is 0 Å². The van der Waals surface area contributed by atoms with Gasteiger partial charge in [0.05, 0.1) is 32.4 Å². The normalized spacial score (nSPS) is 17.1. The number of carbonyl (C=O) groups excluding carboxylic acids is 2. The number of likely N-dealkylation sites (N-methyl/N-ethyl adjacent to an activating group) is 1. The van der Waals surface area contributed by atoms with Crippen LogP contribution in [0.5, 0.6) is 17.2 Å². The van der Waals surface area contributed by atoms with Crippen LogP contribution < -0.4 is 14.2 Å². The smallest absolute Gasteiger partial charge is 0.295 e. The van der Waals surface area contributed by atoms with Crippen molar-refractivity contribution in [3.63, 3.8) is 0 Å². The van der Waals surface area contributed by atoms with Gasteiger partial charge in [0, 0.05) is 18.7 Å². The summed E-state index contributed by atoms with van der Waals surface area (Å²) in [4.78, 5) is 30.2. The Bertz CT molecular complexity index is 1090. The van der Waals surface area contributed by atoms with E-state index in [1.807, 2.05) is 13.0 Å². The number of hydrogen-bond acceptors (Lipinski definition) is 7. The van der Waals surface area contributed by atoms with Crippen molar-refractivity contribution in [3.8, 4) is 17.2 Å². The number of benzene rings is 2. The molecule has 0 radical (unpaired) electrons. The number of Topliss-reactive ketones (excluding diaryl/α,β-unsaturated/α-hetero) is 1. The van der Waals surface area contributed by atoms with Gasteiger partial charge in [-0.05, 0) is 61.5 Å². The lowest BCUT2D eigenvalue weighted by Gasteiger charge is -2.28. The van der Waals surface area contributed by atoms with Crippen molar-refractivity contribution in [1.29, 1.82) is 0 Å². The van der Waals surface area contributed by atoms with Gasteiger partial charge in [-0.15, -0.1) is 0 Å². The van der Waals surface area contributed by atoms with Gasteiger partial charge in [-0.25, -0.2) is 0 Å². The second kappa shape index (κ2) is 12.4. The first-order valence-corrected chi connectivity index (χ1v) is 12.4. The molecule has 0 bridgehead atoms. The number of carbonyl (C=O) groups is 2. The summed E-state index contributed by atoms with van der Waals surface area (Å²) in [6.45, 7) is 9.26. The summed E-state index contributed by atoms with van der Waals surface area (Å²) in [6, 6.07) is 11.3. The molecule has 1 amide bonds. The highest BCUT2D eigenvalue weighted by Crippen LogP contribution is 2.42. The van der Waals surface area contributed by atoms with Crippen molar-refractivity contribution in [2.24, 2.45) is 0 Å². The van der Waals surface area contributed by atoms with E-state index in [0.717, 1.165) is 19.5 Å². The van der Waals surface area contributed by atoms with Crippen LogP contribution in [-0.4, -0.2) is 73.6 Å². The van der Waals surface area contributed by atoms with Crippen molar-refractivity contribution in [2.45, 2.75) is 33.2 Å². The van der Waals surface area contributed by atoms with E-state index in [-0.39, 0.29) is 11.3 Å². The molecule has 8 heteroatoms. The zero-order chi connectivity index (χ0) is 26.2. The van der Waals surface area contributed by atoms with Crippen LogP contribution in [0.15, 0.2) is 48.0 Å². The standard InChI is InChI=1S/C28H36N2O6/c1-6-17-36-22-14-11-20(18-23(22)35-5)25-24(26(31)19-9-12-21(34-4)13-10-19)27(32)28(33)30(25)16-15-29(7-2)8-3/h9-14,18,25,31H,6-8,15-17H2,1-5H3/b26-24+/t25-/m1/s1. The maximum atomic E-state index is 13.3. The Hall–Kier alpha value is -3.52. The van der Waals surface area contributed by atoms with Gasteiger partial charge < -0.3 is 29.1 Å². The molecule has 1 saturated heterocycles. The zero-order valence-electron chi connectivity index (χ0n) is 21.7. The van der Waals surface area contributed by atoms with Crippen molar-refractivity contribution in [1.82, 2.24) is 9.80 Å². The number of likely N-dealkylation sites (tertiary alicyclic amines) is 1. The molecular weight excluding hydrogens is 460 g/mol. The van der Waals surface area contributed by atoms with E-state index in [2.05, 4.69) is 18.7 Å². The van der Waals surface area contributed by atoms with E-state index in [9.17, 15) is 14.7 Å². The summed E-state index contributed by atoms with van der Waals surface area (Å²) in [7, 11) is 3.10. The van der Waals surface area contributed by atoms with Crippen LogP contribution >= 0.6 is 0 Å². The number of nitrogens with zero attached hydrogens (tertiary/aromatic N) is 2. The first-order chi connectivity index (χ1) is 17.4. The summed E-state index contributed by atoms with van der Waals surface area (Å²) in [5.41, 5.74) is 1.14. The summed E-state index contributed by atoms with van der Waals surface area (Å²) < 4.78 is 16.5. The number of ether oxygens (including phenoxy) is 3. The third-order valence-corrected chi connectivity index (χ3v) is 6.42. The quantitative estimate of drug-likeness (QED) is 0.267. The first-order valence-electron chi connectivity index (χ1n) is 12.4. The molecule has 1 aliphatic heterocycles. The Balaban J connectivity index is 2.12. The molecule has 194 valence electrons. The minimum atomic E-state index is -0.767. The highest BCUT2D eigenvalue weighted by atomic mass is 16.5. The number of hydrogen-bond donors (Lipinski definition) is 1. The summed E-state index contributed by atoms with van der Waals surface area (Å²) in [5, 5.41) is 11.3. The zero-order valence-corrected chi connectivity index (χ0v) is 21.7. The number of rotatable bonds is 12. The fourth-order valence-electron chi connectivity index (χ4n) is 4.34. The molecule has 0 unspecified atom stereocenters. The monoisotopic (exact) mass is 496 g/mol. The SMILES string of the molecule is CCCOc1ccc([C@@H]2/C(=C(\O)c3ccc(OC)cc3)C(=O)C(=O)N2CCN(CC)CC)cc1OC. The lowest BCUT2D eigenvalue weighted by Crippen LogP contribution is -2.38. The van der Waals surface area contributed by atoms with Gasteiger partial charge in [-0.2, -0.15) is 0 Å². The molecule has 1 atom stereocenters. The number of aliphatic hydroxyl groups excluding tert-OH is 1. The Kier molecular flexibility index (Phi) is 9.36. The van der Waals surface area contributed by atoms with Gasteiger partial charge in [-0.3, -0.25) is 9.59 Å². The van der Waals surface area contributed by atoms with Crippen LogP contribution in [0.1, 0.15) is 44.4 Å². The molecule has 0 saturated carbocycles. The lowest BCUT2D eigenvalue weighted by molar-refractivity contribution is -0.140. The van der Waals surface area contributed by atoms with Crippen LogP contribution in [0.3, 0.4) is 0 Å². The molecule has 3 rings (SSSR count). The van der Waals surface area contributed by atoms with Crippen LogP contribution in [-0.2, 0) is 9.59 Å². The summed E-state index contributed by atoms with van der Waals surface area (Å²) >= 11 is 0. The Morgan fingerprint density at radius 1 is 0.972 bits per heavy atom. The molecule has 36 heavy (non-hydrogen) atoms. The van der Waals surface area contributed by atoms with Crippen molar-refractivity contribution < 1.29 is 28.9 Å². The summed E-state index contributed by atoms with van der Waals surface area (Å²) in [6.07, 6.45) is 0.846. The third-order valence-electron chi connectivity index (χ3n) is 6.42. The Labute approximate surface area is 213 Å². The molecule has 2 aromatic carbocycles. The minimum Gasteiger partial charge on any atom is -0.507 e. The maximum Gasteiger partial charge on any atom is 0.295 e. The van der Waals surface area contributed by atoms with Crippen molar-refractivity contribution in [2.75, 3.05) is 47.0 Å². The van der Waals surface area contributed by atoms with E-state index in [1.54, 1.807) is 50.6 Å². The number of amides is 1. The van der Waals surface area contributed by atoms with Crippen molar-refractivity contribution in [3.05, 3.63) is 59.2 Å². The summed E-state index contributed by atoms with van der Waals surface area (Å²) in [5.74, 6) is 0.135. The Morgan fingerprint density at radius 2 is 1.67 bits per heavy atom. The van der Waals surface area contributed by atoms with Gasteiger partial charge in [0.2, 0.25) is 0 Å². The van der Waals surface area contributed by atoms with Gasteiger partial charge >= 0.3 is 0 Å². The van der Waals surface area contributed by atoms with Gasteiger partial charge in [0.1, 0.15) is 11.5 Å². The van der Waals surface area contributed by atoms with E-state index in [4.69, 9.17) is 14.2 Å². The highest BCUT2D eigenvalue weighted by molar-refractivity contribution is 6.46. The first kappa shape index (κ1) is 27.1. The van der Waals surface area contributed by atoms with Gasteiger partial charge in [-0.1, -0.05) is 26.8 Å². The van der Waals surface area contributed by atoms with Gasteiger partial charge in [0.25, 0.3) is 11.7 Å². The molecular formula is C28H36N2O6. The van der Waals surface area contributed by atoms with Crippen LogP contribution in [0, 0.1) is 0 Å². The van der Waals surface area contributed by atoms with E-state index < -0.39 is 17.7 Å². The molecule has 1 heterocycles. The van der Waals surface area contributed by atoms with Crippen LogP contribution in [0.2, 0.25) is 0 Å². The number of methoxy groups -OCH3 is 2. The predicted octanol–water partition coefficient (Wildman–Crippen LogP) is 4.26. The topological polar surface area (TPSA) is 88.5 Å². The van der Waals surface area contributed by atoms with Gasteiger partial charge in [0.15, 0.2) is 11.5 Å². The second-order valence-corrected chi connectivity index (χ2v) is 8.51. The maximum absolute atomic E-state index is 13.3. The molecule has 1 N–H and O–H groups in total. The highest BCUT2D eigenvalue weighted by Gasteiger charge is 2.46. The molecule has 1 fully saturated rings. The van der Waals surface area contributed by atoms with E-state index in [0.29, 0.717) is 48.1 Å². The average molecular weight is 497 g/mol. The minimum absolute atomic E-state index is 0.0500. The number of aliphatic hydroxyl groups is 1. The van der Waals surface area contributed by atoms with Crippen molar-refractivity contribution >= 4 is 17.4 Å². The predicted molar refractivity (Wildman–Crippen MR) is 139 cm³/mol. The molecule has 0 aliphatic carbocycles. The molecule has 2 aromatic rings. The lowest BCUT2D eigenvalue weighted by atomic mass is 9.95. The van der Waals surface area contributed by atoms with E-state index in [1.165, 1.54) is 4.90 Å². The molecule has 0 spiro atoms. The molecule has 0 aromatic heterocycles. The third kappa shape index (κ3) is 5.65. The van der Waals surface area contributed by atoms with Crippen LogP contribution in [0.25, 0.3) is 5.76 Å². The largest absolute Gasteiger partial charge is 0.507 e. The average Bonchev–Trinajstić information content (AvgIpc) is 3.17. The fourth-order valence-corrected chi connectivity index (χ4v) is 4.34. The Morgan fingerprint density at radius 3 is 2.25 bits per heavy atom. The second-order valence-electron chi connectivity index (χ2n) is 8.51.